The van der Waals surface area contributed by atoms with Gasteiger partial charge in [0.05, 0.1) is 6.61 Å². The van der Waals surface area contributed by atoms with Crippen LogP contribution in [0.3, 0.4) is 0 Å². The minimum atomic E-state index is 0.250. The highest BCUT2D eigenvalue weighted by Gasteiger charge is 2.22. The molecule has 0 bridgehead atoms. The fourth-order valence-electron chi connectivity index (χ4n) is 2.94. The molecule has 0 aromatic carbocycles. The molecule has 2 fully saturated rings. The van der Waals surface area contributed by atoms with Crippen LogP contribution in [0.1, 0.15) is 24.8 Å². The first-order valence-electron chi connectivity index (χ1n) is 8.12. The third kappa shape index (κ3) is 4.15. The summed E-state index contributed by atoms with van der Waals surface area (Å²) in [6, 6.07) is 4.94. The Kier molecular flexibility index (Phi) is 5.06. The van der Waals surface area contributed by atoms with Crippen molar-refractivity contribution in [3.05, 3.63) is 23.9 Å². The maximum atomic E-state index is 9.09. The largest absolute Gasteiger partial charge is 0.395 e. The second kappa shape index (κ2) is 7.20. The van der Waals surface area contributed by atoms with Gasteiger partial charge >= 0.3 is 0 Å². The summed E-state index contributed by atoms with van der Waals surface area (Å²) in [4.78, 5) is 9.37. The van der Waals surface area contributed by atoms with Crippen LogP contribution in [0.25, 0.3) is 0 Å². The van der Waals surface area contributed by atoms with Gasteiger partial charge in [-0.3, -0.25) is 4.90 Å². The number of nitrogens with one attached hydrogen (secondary N) is 1. The van der Waals surface area contributed by atoms with Gasteiger partial charge < -0.3 is 15.3 Å². The van der Waals surface area contributed by atoms with E-state index in [9.17, 15) is 0 Å². The molecule has 0 atom stereocenters. The Morgan fingerprint density at radius 1 is 1.24 bits per heavy atom. The number of nitrogens with zero attached hydrogens (tertiary/aromatic N) is 3. The van der Waals surface area contributed by atoms with Crippen molar-refractivity contribution in [2.45, 2.75) is 31.8 Å². The lowest BCUT2D eigenvalue weighted by Crippen LogP contribution is -2.33. The average molecular weight is 290 g/mol. The third-order valence-corrected chi connectivity index (χ3v) is 4.33. The molecule has 1 aliphatic heterocycles. The van der Waals surface area contributed by atoms with Crippen LogP contribution in [-0.4, -0.2) is 60.4 Å². The summed E-state index contributed by atoms with van der Waals surface area (Å²) in [5.41, 5.74) is 1.31. The van der Waals surface area contributed by atoms with Crippen LogP contribution in [-0.2, 0) is 6.54 Å². The molecule has 1 aromatic rings. The van der Waals surface area contributed by atoms with Crippen LogP contribution in [0.15, 0.2) is 18.3 Å². The molecule has 0 radical (unpaired) electrons. The summed E-state index contributed by atoms with van der Waals surface area (Å²) < 4.78 is 0. The predicted octanol–water partition coefficient (Wildman–Crippen LogP) is 0.838. The first-order chi connectivity index (χ1) is 10.4. The summed E-state index contributed by atoms with van der Waals surface area (Å²) in [7, 11) is 0. The Labute approximate surface area is 127 Å². The number of rotatable bonds is 6. The summed E-state index contributed by atoms with van der Waals surface area (Å²) in [5, 5.41) is 12.7. The van der Waals surface area contributed by atoms with Gasteiger partial charge in [0.1, 0.15) is 5.82 Å². The number of hydrogen-bond acceptors (Lipinski definition) is 5. The van der Waals surface area contributed by atoms with Crippen LogP contribution in [0.4, 0.5) is 5.82 Å². The molecule has 0 unspecified atom stereocenters. The van der Waals surface area contributed by atoms with E-state index in [1.54, 1.807) is 0 Å². The molecule has 2 heterocycles. The smallest absolute Gasteiger partial charge is 0.133 e. The standard InChI is InChI=1S/C16H26N4O/c21-12-11-19-7-2-8-20(10-9-19)16-14(3-1-6-17-16)13-18-15-4-5-15/h1,3,6,15,18,21H,2,4-5,7-13H2. The number of aliphatic hydroxyl groups is 1. The molecule has 5 nitrogen and oxygen atoms in total. The number of aliphatic hydroxyl groups excluding tert-OH is 1. The number of pyridine rings is 1. The van der Waals surface area contributed by atoms with Gasteiger partial charge in [0.2, 0.25) is 0 Å². The summed E-state index contributed by atoms with van der Waals surface area (Å²) in [5.74, 6) is 1.14. The van der Waals surface area contributed by atoms with E-state index in [0.717, 1.165) is 57.5 Å². The van der Waals surface area contributed by atoms with Crippen LogP contribution in [0, 0.1) is 0 Å². The lowest BCUT2D eigenvalue weighted by atomic mass is 10.2. The van der Waals surface area contributed by atoms with Crippen molar-refractivity contribution in [3.63, 3.8) is 0 Å². The van der Waals surface area contributed by atoms with E-state index in [1.807, 2.05) is 12.3 Å². The lowest BCUT2D eigenvalue weighted by molar-refractivity contribution is 0.204. The van der Waals surface area contributed by atoms with E-state index in [1.165, 1.54) is 18.4 Å². The zero-order chi connectivity index (χ0) is 14.5. The summed E-state index contributed by atoms with van der Waals surface area (Å²) in [6.45, 7) is 6.08. The third-order valence-electron chi connectivity index (χ3n) is 4.33. The summed E-state index contributed by atoms with van der Waals surface area (Å²) >= 11 is 0. The Morgan fingerprint density at radius 3 is 2.95 bits per heavy atom. The summed E-state index contributed by atoms with van der Waals surface area (Å²) in [6.07, 6.45) is 5.66. The van der Waals surface area contributed by atoms with Crippen molar-refractivity contribution in [2.24, 2.45) is 0 Å². The highest BCUT2D eigenvalue weighted by molar-refractivity contribution is 5.47. The van der Waals surface area contributed by atoms with Crippen molar-refractivity contribution in [1.82, 2.24) is 15.2 Å². The minimum absolute atomic E-state index is 0.250. The van der Waals surface area contributed by atoms with Crippen LogP contribution < -0.4 is 10.2 Å². The highest BCUT2D eigenvalue weighted by Crippen LogP contribution is 2.22. The van der Waals surface area contributed by atoms with Crippen molar-refractivity contribution in [2.75, 3.05) is 44.2 Å². The molecule has 1 aromatic heterocycles. The second-order valence-corrected chi connectivity index (χ2v) is 6.05. The Hall–Kier alpha value is -1.17. The SMILES string of the molecule is OCCN1CCCN(c2ncccc2CNC2CC2)CC1. The molecule has 0 spiro atoms. The number of anilines is 1. The molecular weight excluding hydrogens is 264 g/mol. The maximum Gasteiger partial charge on any atom is 0.133 e. The topological polar surface area (TPSA) is 51.6 Å². The molecule has 0 amide bonds. The van der Waals surface area contributed by atoms with Gasteiger partial charge in [-0.2, -0.15) is 0 Å². The van der Waals surface area contributed by atoms with Gasteiger partial charge in [-0.05, 0) is 31.9 Å². The number of hydrogen-bond donors (Lipinski definition) is 2. The van der Waals surface area contributed by atoms with Gasteiger partial charge in [-0.25, -0.2) is 4.98 Å². The van der Waals surface area contributed by atoms with Gasteiger partial charge in [-0.1, -0.05) is 6.07 Å². The first-order valence-corrected chi connectivity index (χ1v) is 8.12. The van der Waals surface area contributed by atoms with Gasteiger partial charge in [-0.15, -0.1) is 0 Å². The molecule has 116 valence electrons. The molecular formula is C16H26N4O. The molecule has 1 saturated carbocycles. The van der Waals surface area contributed by atoms with Crippen LogP contribution in [0.5, 0.6) is 0 Å². The van der Waals surface area contributed by atoms with Crippen molar-refractivity contribution >= 4 is 5.82 Å². The number of β-amino-alcohol motifs (C(OH)–C–C–N with tert-alkyl or cyclic N) is 1. The zero-order valence-electron chi connectivity index (χ0n) is 12.7. The van der Waals surface area contributed by atoms with E-state index in [2.05, 4.69) is 26.2 Å². The molecule has 1 aliphatic carbocycles. The van der Waals surface area contributed by atoms with Gasteiger partial charge in [0.25, 0.3) is 0 Å². The Balaban J connectivity index is 1.64. The fourth-order valence-corrected chi connectivity index (χ4v) is 2.94. The van der Waals surface area contributed by atoms with E-state index in [4.69, 9.17) is 5.11 Å². The van der Waals surface area contributed by atoms with Crippen LogP contribution in [0.2, 0.25) is 0 Å². The maximum absolute atomic E-state index is 9.09. The first kappa shape index (κ1) is 14.8. The normalized spacial score (nSPS) is 20.5. The van der Waals surface area contributed by atoms with Crippen molar-refractivity contribution < 1.29 is 5.11 Å². The van der Waals surface area contributed by atoms with Gasteiger partial charge in [0.15, 0.2) is 0 Å². The van der Waals surface area contributed by atoms with Crippen molar-refractivity contribution in [1.29, 1.82) is 0 Å². The monoisotopic (exact) mass is 290 g/mol. The van der Waals surface area contributed by atoms with Crippen molar-refractivity contribution in [3.8, 4) is 0 Å². The van der Waals surface area contributed by atoms with E-state index in [0.29, 0.717) is 0 Å². The Morgan fingerprint density at radius 2 is 2.14 bits per heavy atom. The highest BCUT2D eigenvalue weighted by atomic mass is 16.3. The van der Waals surface area contributed by atoms with E-state index >= 15 is 0 Å². The molecule has 5 heteroatoms. The predicted molar refractivity (Wildman–Crippen MR) is 84.5 cm³/mol. The second-order valence-electron chi connectivity index (χ2n) is 6.05. The molecule has 2 N–H and O–H groups in total. The van der Waals surface area contributed by atoms with Gasteiger partial charge in [0, 0.05) is 50.5 Å². The molecule has 21 heavy (non-hydrogen) atoms. The lowest BCUT2D eigenvalue weighted by Gasteiger charge is -2.24. The van der Waals surface area contributed by atoms with Crippen LogP contribution >= 0.6 is 0 Å². The molecule has 1 saturated heterocycles. The quantitative estimate of drug-likeness (QED) is 0.813. The zero-order valence-corrected chi connectivity index (χ0v) is 12.7. The number of aromatic nitrogens is 1. The molecule has 2 aliphatic rings. The van der Waals surface area contributed by atoms with E-state index in [-0.39, 0.29) is 6.61 Å². The fraction of sp³-hybridized carbons (Fsp3) is 0.688. The average Bonchev–Trinajstić information content (AvgIpc) is 3.33. The molecule has 3 rings (SSSR count). The minimum Gasteiger partial charge on any atom is -0.395 e. The van der Waals surface area contributed by atoms with E-state index < -0.39 is 0 Å². The Bertz CT molecular complexity index is 450.